The standard InChI is InChI=1S/C10H4.2C9H21N2.2Au/c1-3-9-6-5-7-10(4-2)8-9;2*1-6-11(7-2)8-10-9(3,4)5;;/h5-8H;2*8,10H,6-7H2,1-5H3;;/q-2;2*-1;;. The van der Waals surface area contributed by atoms with E-state index in [0.29, 0.717) is 11.1 Å². The smallest absolute Gasteiger partial charge is 0 e. The molecule has 1 aromatic rings. The van der Waals surface area contributed by atoms with E-state index in [1.165, 1.54) is 0 Å². The largest absolute Gasteiger partial charge is 0.452 e. The van der Waals surface area contributed by atoms with Crippen molar-refractivity contribution in [3.8, 4) is 11.8 Å². The van der Waals surface area contributed by atoms with Crippen LogP contribution in [0.4, 0.5) is 0 Å². The van der Waals surface area contributed by atoms with E-state index in [0.717, 1.165) is 26.2 Å². The Morgan fingerprint density at radius 3 is 1.21 bits per heavy atom. The molecule has 0 aliphatic heterocycles. The van der Waals surface area contributed by atoms with Crippen LogP contribution in [0.1, 0.15) is 80.4 Å². The second-order valence-corrected chi connectivity index (χ2v) is 9.32. The summed E-state index contributed by atoms with van der Waals surface area (Å²) in [5.41, 5.74) is 1.72. The van der Waals surface area contributed by atoms with Crippen LogP contribution in [0.5, 0.6) is 0 Å². The van der Waals surface area contributed by atoms with Gasteiger partial charge >= 0.3 is 0 Å². The summed E-state index contributed by atoms with van der Waals surface area (Å²) in [4.78, 5) is 4.48. The molecule has 204 valence electrons. The first-order valence-corrected chi connectivity index (χ1v) is 11.5. The van der Waals surface area contributed by atoms with Gasteiger partial charge in [0, 0.05) is 44.8 Å². The molecule has 0 saturated heterocycles. The number of nitrogens with one attached hydrogen (secondary N) is 2. The Morgan fingerprint density at radius 2 is 1.00 bits per heavy atom. The zero-order valence-electron chi connectivity index (χ0n) is 22.8. The molecule has 0 spiro atoms. The fourth-order valence-electron chi connectivity index (χ4n) is 2.06. The minimum Gasteiger partial charge on any atom is -0.452 e. The zero-order chi connectivity index (χ0) is 25.2. The molecule has 0 aromatic heterocycles. The first-order valence-electron chi connectivity index (χ1n) is 11.5. The molecule has 4 nitrogen and oxygen atoms in total. The molecule has 0 saturated carbocycles. The predicted molar refractivity (Wildman–Crippen MR) is 139 cm³/mol. The quantitative estimate of drug-likeness (QED) is 0.214. The topological polar surface area (TPSA) is 30.5 Å². The molecule has 0 aliphatic carbocycles. The summed E-state index contributed by atoms with van der Waals surface area (Å²) >= 11 is 0. The molecule has 6 heteroatoms. The van der Waals surface area contributed by atoms with Gasteiger partial charge in [0.2, 0.25) is 0 Å². The van der Waals surface area contributed by atoms with Crippen molar-refractivity contribution in [2.75, 3.05) is 26.2 Å². The summed E-state index contributed by atoms with van der Waals surface area (Å²) < 4.78 is 0. The van der Waals surface area contributed by atoms with E-state index in [9.17, 15) is 0 Å². The molecule has 0 heterocycles. The maximum Gasteiger partial charge on any atom is 0 e. The van der Waals surface area contributed by atoms with E-state index in [1.54, 1.807) is 24.3 Å². The van der Waals surface area contributed by atoms with Gasteiger partial charge in [0.05, 0.1) is 0 Å². The molecule has 1 rings (SSSR count). The van der Waals surface area contributed by atoms with Crippen molar-refractivity contribution in [2.45, 2.75) is 80.3 Å². The van der Waals surface area contributed by atoms with Gasteiger partial charge in [-0.1, -0.05) is 33.8 Å². The van der Waals surface area contributed by atoms with Crippen LogP contribution in [0.3, 0.4) is 0 Å². The van der Waals surface area contributed by atoms with E-state index in [2.05, 4.69) is 115 Å². The van der Waals surface area contributed by atoms with Crippen molar-refractivity contribution >= 4 is 0 Å². The maximum atomic E-state index is 6.78. The van der Waals surface area contributed by atoms with E-state index < -0.39 is 0 Å². The van der Waals surface area contributed by atoms with Gasteiger partial charge in [-0.15, -0.1) is 23.3 Å². The van der Waals surface area contributed by atoms with Crippen molar-refractivity contribution in [1.29, 1.82) is 0 Å². The van der Waals surface area contributed by atoms with Crippen LogP contribution >= 0.6 is 0 Å². The molecule has 0 amide bonds. The van der Waals surface area contributed by atoms with Gasteiger partial charge < -0.3 is 33.3 Å². The maximum absolute atomic E-state index is 6.78. The van der Waals surface area contributed by atoms with Crippen molar-refractivity contribution in [2.24, 2.45) is 0 Å². The predicted octanol–water partition coefficient (Wildman–Crippen LogP) is 5.23. The van der Waals surface area contributed by atoms with Gasteiger partial charge in [-0.05, 0) is 78.8 Å². The van der Waals surface area contributed by atoms with Crippen molar-refractivity contribution in [1.82, 2.24) is 20.4 Å². The van der Waals surface area contributed by atoms with Gasteiger partial charge in [-0.25, -0.2) is 13.3 Å². The number of nitrogens with zero attached hydrogens (tertiary/aromatic N) is 2. The Labute approximate surface area is 243 Å². The number of rotatable bonds is 8. The van der Waals surface area contributed by atoms with Crippen molar-refractivity contribution in [3.05, 3.63) is 61.6 Å². The van der Waals surface area contributed by atoms with Crippen LogP contribution in [0.15, 0.2) is 24.3 Å². The minimum atomic E-state index is 0. The van der Waals surface area contributed by atoms with E-state index >= 15 is 0 Å². The normalized spacial score (nSPS) is 10.4. The number of benzene rings is 1. The molecule has 0 unspecified atom stereocenters. The summed E-state index contributed by atoms with van der Waals surface area (Å²) in [7, 11) is 0. The Balaban J connectivity index is -0.000000193. The van der Waals surface area contributed by atoms with Crippen LogP contribution in [-0.4, -0.2) is 47.1 Å². The van der Waals surface area contributed by atoms with Crippen LogP contribution in [-0.2, 0) is 44.8 Å². The summed E-state index contributed by atoms with van der Waals surface area (Å²) in [6, 6.07) is 6.97. The molecule has 2 radical (unpaired) electrons. The van der Waals surface area contributed by atoms with Crippen LogP contribution in [0.2, 0.25) is 0 Å². The van der Waals surface area contributed by atoms with Gasteiger partial charge in [0.25, 0.3) is 0 Å². The average molecular weight is 833 g/mol. The fourth-order valence-corrected chi connectivity index (χ4v) is 2.06. The molecule has 0 bridgehead atoms. The molecule has 2 N–H and O–H groups in total. The Bertz CT molecular complexity index is 616. The molecular formula is C28H46Au2N4-4. The Morgan fingerprint density at radius 1 is 0.706 bits per heavy atom. The first kappa shape index (κ1) is 40.8. The summed E-state index contributed by atoms with van der Waals surface area (Å²) in [5, 5.41) is 6.65. The first-order chi connectivity index (χ1) is 14.8. The Hall–Kier alpha value is -0.339. The third-order valence-electron chi connectivity index (χ3n) is 4.14. The molecular weight excluding hydrogens is 786 g/mol. The number of hydrogen-bond donors (Lipinski definition) is 2. The molecule has 34 heavy (non-hydrogen) atoms. The zero-order valence-corrected chi connectivity index (χ0v) is 27.1. The monoisotopic (exact) mass is 832 g/mol. The summed E-state index contributed by atoms with van der Waals surface area (Å²) in [5.74, 6) is 4.46. The average Bonchev–Trinajstić information content (AvgIpc) is 2.74. The molecule has 0 aliphatic rings. The van der Waals surface area contributed by atoms with E-state index in [1.807, 2.05) is 0 Å². The van der Waals surface area contributed by atoms with Gasteiger partial charge in [0.1, 0.15) is 0 Å². The summed E-state index contributed by atoms with van der Waals surface area (Å²) in [6.07, 6.45) is 13.6. The van der Waals surface area contributed by atoms with Crippen LogP contribution < -0.4 is 10.6 Å². The van der Waals surface area contributed by atoms with E-state index in [4.69, 9.17) is 12.8 Å². The minimum absolute atomic E-state index is 0. The molecule has 1 aromatic carbocycles. The second-order valence-electron chi connectivity index (χ2n) is 9.32. The third-order valence-corrected chi connectivity index (χ3v) is 4.14. The van der Waals surface area contributed by atoms with Crippen LogP contribution in [0, 0.1) is 38.0 Å². The van der Waals surface area contributed by atoms with Crippen LogP contribution in [0.25, 0.3) is 0 Å². The third kappa shape index (κ3) is 26.3. The van der Waals surface area contributed by atoms with E-state index in [-0.39, 0.29) is 55.8 Å². The van der Waals surface area contributed by atoms with Gasteiger partial charge in [0.15, 0.2) is 0 Å². The second kappa shape index (κ2) is 23.1. The van der Waals surface area contributed by atoms with Crippen molar-refractivity contribution in [3.63, 3.8) is 0 Å². The van der Waals surface area contributed by atoms with Gasteiger partial charge in [-0.2, -0.15) is 6.07 Å². The SMILES string of the molecule is CCN([CH-]NC(C)(C)C)CC.CCN([CH-]NC(C)(C)C)CC.[Au].[Au].[C-]#Cc1cccc(C#[C-])c1. The van der Waals surface area contributed by atoms with Gasteiger partial charge in [-0.3, -0.25) is 11.8 Å². The Kier molecular flexibility index (Phi) is 27.7. The fraction of sp³-hybridized carbons (Fsp3) is 0.571. The molecule has 0 atom stereocenters. The summed E-state index contributed by atoms with van der Waals surface area (Å²) in [6.45, 7) is 30.0. The van der Waals surface area contributed by atoms with Crippen molar-refractivity contribution < 1.29 is 44.8 Å². The molecule has 0 fully saturated rings. The number of hydrogen-bond acceptors (Lipinski definition) is 4.